The predicted octanol–water partition coefficient (Wildman–Crippen LogP) is 4.16. The van der Waals surface area contributed by atoms with E-state index in [1.165, 1.54) is 11.8 Å². The molecule has 3 aromatic rings. The Kier molecular flexibility index (Phi) is 5.11. The van der Waals surface area contributed by atoms with Gasteiger partial charge in [0, 0.05) is 17.6 Å². The van der Waals surface area contributed by atoms with Crippen molar-refractivity contribution in [1.82, 2.24) is 9.97 Å². The molecule has 2 aromatic carbocycles. The number of amides is 1. The van der Waals surface area contributed by atoms with Gasteiger partial charge in [0.05, 0.1) is 10.8 Å². The Bertz CT molecular complexity index is 833. The molecular weight excluding hydrogens is 318 g/mol. The highest BCUT2D eigenvalue weighted by Crippen LogP contribution is 2.29. The van der Waals surface area contributed by atoms with E-state index in [1.54, 1.807) is 11.2 Å². The van der Waals surface area contributed by atoms with Crippen molar-refractivity contribution in [2.75, 3.05) is 11.4 Å². The van der Waals surface area contributed by atoms with Crippen LogP contribution in [0, 0.1) is 0 Å². The molecule has 4 nitrogen and oxygen atoms in total. The zero-order chi connectivity index (χ0) is 16.9. The number of aromatic nitrogens is 2. The molecule has 0 fully saturated rings. The van der Waals surface area contributed by atoms with E-state index < -0.39 is 0 Å². The van der Waals surface area contributed by atoms with Crippen LogP contribution in [-0.2, 0) is 4.79 Å². The predicted molar refractivity (Wildman–Crippen MR) is 99.3 cm³/mol. The Hall–Kier alpha value is -2.40. The number of thioether (sulfide) groups is 1. The molecule has 0 spiro atoms. The van der Waals surface area contributed by atoms with Gasteiger partial charge in [-0.1, -0.05) is 48.2 Å². The fourth-order valence-corrected chi connectivity index (χ4v) is 3.56. The minimum absolute atomic E-state index is 0.0800. The number of nitrogens with zero attached hydrogens (tertiary/aromatic N) is 3. The maximum absolute atomic E-state index is 12.9. The Morgan fingerprint density at radius 3 is 2.54 bits per heavy atom. The minimum Gasteiger partial charge on any atom is -0.312 e. The van der Waals surface area contributed by atoms with Crippen LogP contribution in [0.25, 0.3) is 10.9 Å². The van der Waals surface area contributed by atoms with Gasteiger partial charge < -0.3 is 4.90 Å². The molecule has 0 N–H and O–H groups in total. The highest BCUT2D eigenvalue weighted by atomic mass is 32.2. The van der Waals surface area contributed by atoms with E-state index in [-0.39, 0.29) is 11.2 Å². The first kappa shape index (κ1) is 16.5. The summed E-state index contributed by atoms with van der Waals surface area (Å²) in [6.07, 6.45) is 1.55. The molecular formula is C19H19N3OS. The second-order valence-electron chi connectivity index (χ2n) is 5.37. The zero-order valence-corrected chi connectivity index (χ0v) is 14.5. The van der Waals surface area contributed by atoms with Gasteiger partial charge in [-0.15, -0.1) is 0 Å². The van der Waals surface area contributed by atoms with Crippen LogP contribution in [-0.4, -0.2) is 27.7 Å². The van der Waals surface area contributed by atoms with Gasteiger partial charge in [-0.2, -0.15) is 0 Å². The average Bonchev–Trinajstić information content (AvgIpc) is 2.63. The highest BCUT2D eigenvalue weighted by molar-refractivity contribution is 8.00. The number of rotatable bonds is 5. The number of fused-ring (bicyclic) bond motifs is 1. The van der Waals surface area contributed by atoms with Gasteiger partial charge in [-0.05, 0) is 32.0 Å². The molecule has 3 rings (SSSR count). The van der Waals surface area contributed by atoms with Crippen molar-refractivity contribution in [1.29, 1.82) is 0 Å². The van der Waals surface area contributed by atoms with Crippen molar-refractivity contribution in [3.8, 4) is 0 Å². The van der Waals surface area contributed by atoms with E-state index in [2.05, 4.69) is 9.97 Å². The number of anilines is 1. The van der Waals surface area contributed by atoms with E-state index in [4.69, 9.17) is 0 Å². The molecule has 0 aliphatic carbocycles. The summed E-state index contributed by atoms with van der Waals surface area (Å²) >= 11 is 1.48. The summed E-state index contributed by atoms with van der Waals surface area (Å²) in [6, 6.07) is 17.6. The van der Waals surface area contributed by atoms with E-state index in [9.17, 15) is 4.79 Å². The number of carbonyl (C=O) groups is 1. The van der Waals surface area contributed by atoms with Crippen LogP contribution >= 0.6 is 11.8 Å². The Morgan fingerprint density at radius 1 is 1.08 bits per heavy atom. The number of carbonyl (C=O) groups excluding carboxylic acids is 1. The van der Waals surface area contributed by atoms with E-state index in [0.29, 0.717) is 6.54 Å². The number of benzene rings is 2. The quantitative estimate of drug-likeness (QED) is 0.518. The third-order valence-electron chi connectivity index (χ3n) is 3.79. The van der Waals surface area contributed by atoms with Crippen molar-refractivity contribution >= 4 is 34.3 Å². The second-order valence-corrected chi connectivity index (χ2v) is 6.70. The monoisotopic (exact) mass is 337 g/mol. The fraction of sp³-hybridized carbons (Fsp3) is 0.211. The van der Waals surface area contributed by atoms with Gasteiger partial charge in [-0.3, -0.25) is 4.79 Å². The largest absolute Gasteiger partial charge is 0.312 e. The number of hydrogen-bond acceptors (Lipinski definition) is 4. The van der Waals surface area contributed by atoms with E-state index in [0.717, 1.165) is 21.6 Å². The minimum atomic E-state index is -0.233. The normalized spacial score (nSPS) is 12.1. The van der Waals surface area contributed by atoms with Crippen molar-refractivity contribution in [2.45, 2.75) is 24.1 Å². The van der Waals surface area contributed by atoms with Crippen LogP contribution in [0.3, 0.4) is 0 Å². The summed E-state index contributed by atoms with van der Waals surface area (Å²) in [7, 11) is 0. The number of para-hydroxylation sites is 2. The molecule has 24 heavy (non-hydrogen) atoms. The van der Waals surface area contributed by atoms with Gasteiger partial charge >= 0.3 is 0 Å². The van der Waals surface area contributed by atoms with Crippen molar-refractivity contribution in [2.24, 2.45) is 0 Å². The van der Waals surface area contributed by atoms with Crippen LogP contribution in [0.4, 0.5) is 5.69 Å². The lowest BCUT2D eigenvalue weighted by molar-refractivity contribution is -0.117. The third kappa shape index (κ3) is 3.41. The van der Waals surface area contributed by atoms with Crippen molar-refractivity contribution < 1.29 is 4.79 Å². The molecule has 0 aliphatic heterocycles. The SMILES string of the molecule is CCN(C(=O)[C@H](C)Sc1ncnc2ccccc12)c1ccccc1. The Balaban J connectivity index is 1.83. The van der Waals surface area contributed by atoms with Crippen LogP contribution in [0.1, 0.15) is 13.8 Å². The molecule has 5 heteroatoms. The summed E-state index contributed by atoms with van der Waals surface area (Å²) in [5.74, 6) is 0.0800. The fourth-order valence-electron chi connectivity index (χ4n) is 2.58. The van der Waals surface area contributed by atoms with E-state index >= 15 is 0 Å². The van der Waals surface area contributed by atoms with Gasteiger partial charge in [0.15, 0.2) is 0 Å². The van der Waals surface area contributed by atoms with Gasteiger partial charge in [0.25, 0.3) is 0 Å². The summed E-state index contributed by atoms with van der Waals surface area (Å²) < 4.78 is 0. The van der Waals surface area contributed by atoms with Crippen molar-refractivity contribution in [3.05, 3.63) is 60.9 Å². The lowest BCUT2D eigenvalue weighted by Crippen LogP contribution is -2.36. The van der Waals surface area contributed by atoms with Gasteiger partial charge in [0.1, 0.15) is 11.4 Å². The standard InChI is InChI=1S/C19H19N3OS/c1-3-22(15-9-5-4-6-10-15)19(23)14(2)24-18-16-11-7-8-12-17(16)20-13-21-18/h4-14H,3H2,1-2H3/t14-/m0/s1. The summed E-state index contributed by atoms with van der Waals surface area (Å²) in [5, 5.41) is 1.58. The van der Waals surface area contributed by atoms with Crippen LogP contribution in [0.15, 0.2) is 66.0 Å². The van der Waals surface area contributed by atoms with Crippen molar-refractivity contribution in [3.63, 3.8) is 0 Å². The maximum Gasteiger partial charge on any atom is 0.240 e. The lowest BCUT2D eigenvalue weighted by Gasteiger charge is -2.24. The topological polar surface area (TPSA) is 46.1 Å². The molecule has 0 bridgehead atoms. The third-order valence-corrected chi connectivity index (χ3v) is 4.90. The molecule has 0 saturated heterocycles. The molecule has 1 heterocycles. The Morgan fingerprint density at radius 2 is 1.79 bits per heavy atom. The molecule has 122 valence electrons. The first-order chi connectivity index (χ1) is 11.7. The van der Waals surface area contributed by atoms with Crippen LogP contribution < -0.4 is 4.90 Å². The van der Waals surface area contributed by atoms with Crippen LogP contribution in [0.5, 0.6) is 0 Å². The molecule has 1 aromatic heterocycles. The zero-order valence-electron chi connectivity index (χ0n) is 13.7. The average molecular weight is 337 g/mol. The smallest absolute Gasteiger partial charge is 0.240 e. The highest BCUT2D eigenvalue weighted by Gasteiger charge is 2.22. The molecule has 1 atom stereocenters. The maximum atomic E-state index is 12.9. The summed E-state index contributed by atoms with van der Waals surface area (Å²) in [6.45, 7) is 4.55. The van der Waals surface area contributed by atoms with Crippen LogP contribution in [0.2, 0.25) is 0 Å². The van der Waals surface area contributed by atoms with Gasteiger partial charge in [-0.25, -0.2) is 9.97 Å². The summed E-state index contributed by atoms with van der Waals surface area (Å²) in [5.41, 5.74) is 1.81. The second kappa shape index (κ2) is 7.45. The summed E-state index contributed by atoms with van der Waals surface area (Å²) in [4.78, 5) is 23.3. The van der Waals surface area contributed by atoms with E-state index in [1.807, 2.05) is 68.4 Å². The van der Waals surface area contributed by atoms with Gasteiger partial charge in [0.2, 0.25) is 5.91 Å². The first-order valence-electron chi connectivity index (χ1n) is 7.93. The number of hydrogen-bond donors (Lipinski definition) is 0. The molecule has 0 radical (unpaired) electrons. The lowest BCUT2D eigenvalue weighted by atomic mass is 10.2. The molecule has 0 saturated carbocycles. The molecule has 0 aliphatic rings. The molecule has 1 amide bonds. The first-order valence-corrected chi connectivity index (χ1v) is 8.81. The Labute approximate surface area is 145 Å². The molecule has 0 unspecified atom stereocenters.